The van der Waals surface area contributed by atoms with Gasteiger partial charge in [-0.15, -0.1) is 0 Å². The number of rotatable bonds is 3. The lowest BCUT2D eigenvalue weighted by molar-refractivity contribution is -0.192. The van der Waals surface area contributed by atoms with Crippen LogP contribution < -0.4 is 11.1 Å². The first kappa shape index (κ1) is 27.0. The van der Waals surface area contributed by atoms with Gasteiger partial charge in [-0.3, -0.25) is 0 Å². The number of aliphatic carboxylic acids is 1. The van der Waals surface area contributed by atoms with Crippen molar-refractivity contribution in [3.8, 4) is 11.8 Å². The number of anilines is 1. The maximum Gasteiger partial charge on any atom is 0.490 e. The first-order chi connectivity index (χ1) is 18.0. The van der Waals surface area contributed by atoms with Gasteiger partial charge in [0.1, 0.15) is 11.6 Å². The quantitative estimate of drug-likeness (QED) is 0.349. The first-order valence-electron chi connectivity index (χ1n) is 11.7. The van der Waals surface area contributed by atoms with Gasteiger partial charge in [-0.2, -0.15) is 13.2 Å². The van der Waals surface area contributed by atoms with Crippen LogP contribution >= 0.6 is 0 Å². The smallest absolute Gasteiger partial charge is 0.475 e. The molecule has 2 atom stereocenters. The van der Waals surface area contributed by atoms with E-state index in [9.17, 15) is 13.2 Å². The number of nitrogens with one attached hydrogen (secondary N) is 1. The molecule has 0 saturated carbocycles. The monoisotopic (exact) mass is 528 g/mol. The Morgan fingerprint density at radius 1 is 1.29 bits per heavy atom. The zero-order valence-electron chi connectivity index (χ0n) is 21.0. The van der Waals surface area contributed by atoms with Crippen LogP contribution in [0.15, 0.2) is 36.7 Å². The fraction of sp³-hybridized carbons (Fsp3) is 0.346. The van der Waals surface area contributed by atoms with Gasteiger partial charge in [0.15, 0.2) is 0 Å². The third kappa shape index (κ3) is 5.58. The molecule has 3 aromatic heterocycles. The lowest BCUT2D eigenvalue weighted by Gasteiger charge is -2.13. The molecule has 0 aliphatic carbocycles. The summed E-state index contributed by atoms with van der Waals surface area (Å²) in [6.45, 7) is 3.61. The lowest BCUT2D eigenvalue weighted by Crippen LogP contribution is -2.25. The van der Waals surface area contributed by atoms with Gasteiger partial charge in [-0.25, -0.2) is 14.8 Å². The van der Waals surface area contributed by atoms with E-state index in [-0.39, 0.29) is 0 Å². The van der Waals surface area contributed by atoms with Crippen molar-refractivity contribution in [2.45, 2.75) is 31.6 Å². The summed E-state index contributed by atoms with van der Waals surface area (Å²) in [6.07, 6.45) is -0.202. The van der Waals surface area contributed by atoms with Gasteiger partial charge < -0.3 is 30.0 Å². The fourth-order valence-electron chi connectivity index (χ4n) is 4.49. The molecular formula is C26H27F3N6O3. The first-order valence-corrected chi connectivity index (χ1v) is 11.7. The largest absolute Gasteiger partial charge is 0.490 e. The van der Waals surface area contributed by atoms with Gasteiger partial charge in [0.2, 0.25) is 0 Å². The van der Waals surface area contributed by atoms with Gasteiger partial charge in [-0.1, -0.05) is 11.8 Å². The number of hydrogen-bond acceptors (Lipinski definition) is 6. The summed E-state index contributed by atoms with van der Waals surface area (Å²) < 4.78 is 41.4. The number of methoxy groups -OCH3 is 1. The molecule has 38 heavy (non-hydrogen) atoms. The number of carbonyl (C=O) groups is 1. The lowest BCUT2D eigenvalue weighted by atomic mass is 10.1. The number of alkyl halides is 3. The second-order valence-corrected chi connectivity index (χ2v) is 8.96. The van der Waals surface area contributed by atoms with Gasteiger partial charge in [0, 0.05) is 50.7 Å². The van der Waals surface area contributed by atoms with Gasteiger partial charge in [0.05, 0.1) is 34.1 Å². The number of nitrogen functional groups attached to an aromatic ring is 1. The van der Waals surface area contributed by atoms with Crippen molar-refractivity contribution in [2.75, 3.05) is 26.0 Å². The number of pyridine rings is 1. The van der Waals surface area contributed by atoms with E-state index in [4.69, 9.17) is 20.4 Å². The average Bonchev–Trinajstić information content (AvgIpc) is 3.55. The van der Waals surface area contributed by atoms with Crippen LogP contribution in [0.25, 0.3) is 21.9 Å². The van der Waals surface area contributed by atoms with Crippen LogP contribution in [-0.2, 0) is 16.6 Å². The maximum absolute atomic E-state index is 10.6. The number of halogens is 3. The molecule has 5 rings (SSSR count). The molecule has 1 aliphatic heterocycles. The van der Waals surface area contributed by atoms with Crippen LogP contribution in [0.2, 0.25) is 0 Å². The number of nitrogens with zero attached hydrogens (tertiary/aromatic N) is 4. The zero-order valence-corrected chi connectivity index (χ0v) is 21.0. The molecule has 4 aromatic rings. The molecule has 0 spiro atoms. The molecule has 9 nitrogen and oxygen atoms in total. The van der Waals surface area contributed by atoms with E-state index in [1.807, 2.05) is 32.2 Å². The number of ether oxygens (including phenoxy) is 1. The summed E-state index contributed by atoms with van der Waals surface area (Å²) in [5.41, 5.74) is 11.2. The average molecular weight is 529 g/mol. The van der Waals surface area contributed by atoms with E-state index in [0.29, 0.717) is 24.5 Å². The molecule has 1 aromatic carbocycles. The molecule has 1 fully saturated rings. The van der Waals surface area contributed by atoms with Gasteiger partial charge in [0.25, 0.3) is 0 Å². The number of imidazole rings is 1. The molecule has 4 heterocycles. The number of fused-ring (bicyclic) bond motifs is 2. The van der Waals surface area contributed by atoms with Crippen molar-refractivity contribution in [3.05, 3.63) is 53.6 Å². The van der Waals surface area contributed by atoms with Crippen molar-refractivity contribution < 1.29 is 27.8 Å². The number of carboxylic acids is 1. The molecule has 200 valence electrons. The minimum atomic E-state index is -5.08. The third-order valence-corrected chi connectivity index (χ3v) is 6.42. The van der Waals surface area contributed by atoms with Crippen molar-refractivity contribution in [2.24, 2.45) is 7.05 Å². The van der Waals surface area contributed by atoms with Crippen LogP contribution in [0.4, 0.5) is 19.0 Å². The summed E-state index contributed by atoms with van der Waals surface area (Å²) in [6, 6.07) is 8.82. The number of aryl methyl sites for hydroxylation is 2. The predicted molar refractivity (Wildman–Crippen MR) is 137 cm³/mol. The van der Waals surface area contributed by atoms with Crippen LogP contribution in [0.5, 0.6) is 0 Å². The second kappa shape index (κ2) is 10.7. The molecule has 1 saturated heterocycles. The van der Waals surface area contributed by atoms with E-state index in [1.165, 1.54) is 0 Å². The van der Waals surface area contributed by atoms with Gasteiger partial charge >= 0.3 is 12.1 Å². The SMILES string of the molecule is COC[C@H]1C[C@H](n2cc(C#Cc3ccc4nc(C)n(C)c4c3)c3c(N)nccc32)CN1.O=C(O)C(F)(F)F. The molecule has 0 amide bonds. The van der Waals surface area contributed by atoms with Crippen molar-refractivity contribution >= 4 is 33.7 Å². The summed E-state index contributed by atoms with van der Waals surface area (Å²) in [4.78, 5) is 17.8. The zero-order chi connectivity index (χ0) is 27.6. The van der Waals surface area contributed by atoms with E-state index < -0.39 is 12.1 Å². The highest BCUT2D eigenvalue weighted by atomic mass is 19.4. The Labute approximate surface area is 216 Å². The topological polar surface area (TPSA) is 120 Å². The highest BCUT2D eigenvalue weighted by Crippen LogP contribution is 2.31. The van der Waals surface area contributed by atoms with Crippen LogP contribution in [0, 0.1) is 18.8 Å². The molecule has 1 aliphatic rings. The summed E-state index contributed by atoms with van der Waals surface area (Å²) in [5.74, 6) is 5.41. The molecule has 0 bridgehead atoms. The Kier molecular flexibility index (Phi) is 7.61. The number of hydrogen-bond donors (Lipinski definition) is 3. The summed E-state index contributed by atoms with van der Waals surface area (Å²) in [7, 11) is 3.76. The van der Waals surface area contributed by atoms with Crippen molar-refractivity contribution in [1.29, 1.82) is 0 Å². The Morgan fingerprint density at radius 3 is 2.71 bits per heavy atom. The van der Waals surface area contributed by atoms with E-state index in [1.54, 1.807) is 13.3 Å². The number of nitrogens with two attached hydrogens (primary N) is 1. The molecule has 0 radical (unpaired) electrons. The molecular weight excluding hydrogens is 501 g/mol. The summed E-state index contributed by atoms with van der Waals surface area (Å²) >= 11 is 0. The number of carboxylic acid groups (broad SMARTS) is 1. The normalized spacial score (nSPS) is 17.2. The van der Waals surface area contributed by atoms with Crippen molar-refractivity contribution in [3.63, 3.8) is 0 Å². The number of benzene rings is 1. The Bertz CT molecular complexity index is 1550. The van der Waals surface area contributed by atoms with E-state index in [2.05, 4.69) is 48.5 Å². The minimum absolute atomic E-state index is 0.328. The molecule has 4 N–H and O–H groups in total. The standard InChI is InChI=1S/C24H26N6O.C2HF3O2/c1-15-28-20-7-5-16(10-22(20)29(15)2)4-6-17-13-30(19-11-18(14-31-3)27-12-19)21-8-9-26-24(25)23(17)21;3-2(4,5)1(6)7/h5,7-10,13,18-19,27H,11-12,14H2,1-3H3,(H2,25,26);(H,6,7)/t18-,19+;/m1./s1. The summed E-state index contributed by atoms with van der Waals surface area (Å²) in [5, 5.41) is 11.6. The Hall–Kier alpha value is -4.08. The van der Waals surface area contributed by atoms with E-state index >= 15 is 0 Å². The third-order valence-electron chi connectivity index (χ3n) is 6.42. The Balaban J connectivity index is 0.000000426. The van der Waals surface area contributed by atoms with Gasteiger partial charge in [-0.05, 0) is 37.6 Å². The number of aromatic nitrogens is 4. The highest BCUT2D eigenvalue weighted by molar-refractivity contribution is 5.95. The van der Waals surface area contributed by atoms with E-state index in [0.717, 1.165) is 51.9 Å². The highest BCUT2D eigenvalue weighted by Gasteiger charge is 2.38. The second-order valence-electron chi connectivity index (χ2n) is 8.96. The minimum Gasteiger partial charge on any atom is -0.475 e. The maximum atomic E-state index is 10.6. The van der Waals surface area contributed by atoms with Crippen LogP contribution in [-0.4, -0.2) is 62.7 Å². The molecule has 12 heteroatoms. The van der Waals surface area contributed by atoms with Crippen molar-refractivity contribution in [1.82, 2.24) is 24.4 Å². The molecule has 0 unspecified atom stereocenters. The fourth-order valence-corrected chi connectivity index (χ4v) is 4.49. The predicted octanol–water partition coefficient (Wildman–Crippen LogP) is 3.40. The van der Waals surface area contributed by atoms with Crippen LogP contribution in [0.1, 0.15) is 29.4 Å². The Morgan fingerprint density at radius 2 is 2.03 bits per heavy atom. The van der Waals surface area contributed by atoms with Crippen LogP contribution in [0.3, 0.4) is 0 Å².